The first-order valence-electron chi connectivity index (χ1n) is 14.2. The van der Waals surface area contributed by atoms with E-state index in [1.165, 1.54) is 32.1 Å². The molecule has 2 aromatic heterocycles. The Balaban J connectivity index is 1.71. The number of hydrogen-bond donors (Lipinski definition) is 1. The summed E-state index contributed by atoms with van der Waals surface area (Å²) >= 11 is 0. The lowest BCUT2D eigenvalue weighted by Gasteiger charge is -2.40. The molecule has 0 radical (unpaired) electrons. The Hall–Kier alpha value is -2.67. The van der Waals surface area contributed by atoms with E-state index in [2.05, 4.69) is 23.7 Å². The molecule has 1 saturated carbocycles. The smallest absolute Gasteiger partial charge is 0.337 e. The Kier molecular flexibility index (Phi) is 8.65. The minimum atomic E-state index is -1.13. The summed E-state index contributed by atoms with van der Waals surface area (Å²) < 4.78 is 12.2. The van der Waals surface area contributed by atoms with Crippen molar-refractivity contribution in [3.05, 3.63) is 35.8 Å². The number of hydrogen-bond acceptors (Lipinski definition) is 6. The first-order chi connectivity index (χ1) is 17.9. The van der Waals surface area contributed by atoms with Gasteiger partial charge in [-0.1, -0.05) is 33.1 Å². The van der Waals surface area contributed by atoms with Crippen LogP contribution >= 0.6 is 0 Å². The van der Waals surface area contributed by atoms with E-state index < -0.39 is 17.7 Å². The van der Waals surface area contributed by atoms with Gasteiger partial charge in [0.2, 0.25) is 0 Å². The van der Waals surface area contributed by atoms with Crippen LogP contribution in [0, 0.1) is 18.3 Å². The van der Waals surface area contributed by atoms with Crippen LogP contribution in [0.25, 0.3) is 11.3 Å². The zero-order valence-electron chi connectivity index (χ0n) is 24.0. The number of pyridine rings is 2. The number of aliphatic carboxylic acids is 1. The van der Waals surface area contributed by atoms with Crippen LogP contribution in [0.4, 0.5) is 5.69 Å². The van der Waals surface area contributed by atoms with Crippen LogP contribution in [0.15, 0.2) is 24.5 Å². The molecule has 4 rings (SSSR count). The molecule has 1 aliphatic heterocycles. The highest BCUT2D eigenvalue weighted by atomic mass is 16.5. The van der Waals surface area contributed by atoms with Crippen molar-refractivity contribution in [3.63, 3.8) is 0 Å². The fourth-order valence-corrected chi connectivity index (χ4v) is 5.57. The Morgan fingerprint density at radius 3 is 2.37 bits per heavy atom. The first-order valence-corrected chi connectivity index (χ1v) is 14.2. The molecule has 38 heavy (non-hydrogen) atoms. The number of piperidine rings is 1. The Labute approximate surface area is 228 Å². The SMILES string of the molecule is Cc1ncc(-c2ccc(OCC3CCCCC3)cn2)c(N2CCC(C)(C)CC2)c1[C@H](OC(C)(C)C)C(=O)O. The summed E-state index contributed by atoms with van der Waals surface area (Å²) in [4.78, 5) is 24.3. The van der Waals surface area contributed by atoms with Gasteiger partial charge < -0.3 is 19.5 Å². The van der Waals surface area contributed by atoms with Gasteiger partial charge in [-0.3, -0.25) is 9.97 Å². The van der Waals surface area contributed by atoms with Crippen molar-refractivity contribution >= 4 is 11.7 Å². The minimum Gasteiger partial charge on any atom is -0.492 e. The van der Waals surface area contributed by atoms with Crippen LogP contribution in [-0.4, -0.2) is 46.3 Å². The van der Waals surface area contributed by atoms with E-state index in [9.17, 15) is 9.90 Å². The van der Waals surface area contributed by atoms with Crippen molar-refractivity contribution < 1.29 is 19.4 Å². The van der Waals surface area contributed by atoms with E-state index in [0.717, 1.165) is 55.2 Å². The molecule has 1 aliphatic carbocycles. The second-order valence-electron chi connectivity index (χ2n) is 12.8. The molecule has 208 valence electrons. The van der Waals surface area contributed by atoms with Crippen LogP contribution in [0.2, 0.25) is 0 Å². The van der Waals surface area contributed by atoms with Crippen molar-refractivity contribution in [1.29, 1.82) is 0 Å². The van der Waals surface area contributed by atoms with Gasteiger partial charge in [-0.25, -0.2) is 4.79 Å². The van der Waals surface area contributed by atoms with Crippen LogP contribution < -0.4 is 9.64 Å². The third kappa shape index (κ3) is 7.04. The zero-order valence-corrected chi connectivity index (χ0v) is 24.0. The third-order valence-corrected chi connectivity index (χ3v) is 7.90. The second kappa shape index (κ2) is 11.6. The molecular weight excluding hydrogens is 478 g/mol. The standard InChI is InChI=1S/C31H45N3O4/c1-21-26(28(29(35)36)38-30(2,3)4)27(34-16-14-31(5,6)15-17-34)24(19-32-21)25-13-12-23(18-33-25)37-20-22-10-8-7-9-11-22/h12-13,18-19,22,28H,7-11,14-17,20H2,1-6H3,(H,35,36)/t28-/m0/s1. The quantitative estimate of drug-likeness (QED) is 0.399. The van der Waals surface area contributed by atoms with E-state index in [1.807, 2.05) is 46.0 Å². The van der Waals surface area contributed by atoms with Gasteiger partial charge >= 0.3 is 5.97 Å². The van der Waals surface area contributed by atoms with Crippen LogP contribution in [0.3, 0.4) is 0 Å². The molecule has 0 aromatic carbocycles. The van der Waals surface area contributed by atoms with Gasteiger partial charge in [-0.15, -0.1) is 0 Å². The molecule has 7 nitrogen and oxygen atoms in total. The summed E-state index contributed by atoms with van der Waals surface area (Å²) in [5.41, 5.74) is 3.34. The maximum absolute atomic E-state index is 12.6. The van der Waals surface area contributed by atoms with Gasteiger partial charge in [-0.05, 0) is 76.8 Å². The maximum Gasteiger partial charge on any atom is 0.337 e. The number of carboxylic acids is 1. The van der Waals surface area contributed by atoms with Gasteiger partial charge in [0.15, 0.2) is 6.10 Å². The predicted molar refractivity (Wildman–Crippen MR) is 151 cm³/mol. The van der Waals surface area contributed by atoms with Gasteiger partial charge in [-0.2, -0.15) is 0 Å². The van der Waals surface area contributed by atoms with Gasteiger partial charge in [0, 0.05) is 36.1 Å². The van der Waals surface area contributed by atoms with Crippen molar-refractivity contribution in [2.75, 3.05) is 24.6 Å². The van der Waals surface area contributed by atoms with E-state index in [1.54, 1.807) is 6.20 Å². The molecule has 7 heteroatoms. The van der Waals surface area contributed by atoms with Crippen LogP contribution in [-0.2, 0) is 9.53 Å². The topological polar surface area (TPSA) is 84.8 Å². The molecule has 2 fully saturated rings. The normalized spacial score (nSPS) is 19.3. The summed E-state index contributed by atoms with van der Waals surface area (Å²) in [7, 11) is 0. The summed E-state index contributed by atoms with van der Waals surface area (Å²) in [6, 6.07) is 3.93. The fraction of sp³-hybridized carbons (Fsp3) is 0.645. The Morgan fingerprint density at radius 1 is 1.11 bits per heavy atom. The average Bonchev–Trinajstić information content (AvgIpc) is 2.86. The fourth-order valence-electron chi connectivity index (χ4n) is 5.57. The number of rotatable bonds is 8. The minimum absolute atomic E-state index is 0.253. The second-order valence-corrected chi connectivity index (χ2v) is 12.8. The highest BCUT2D eigenvalue weighted by Crippen LogP contribution is 2.43. The van der Waals surface area contributed by atoms with E-state index in [-0.39, 0.29) is 5.41 Å². The lowest BCUT2D eigenvalue weighted by atomic mass is 9.82. The predicted octanol–water partition coefficient (Wildman–Crippen LogP) is 6.98. The van der Waals surface area contributed by atoms with Crippen LogP contribution in [0.5, 0.6) is 5.75 Å². The summed E-state index contributed by atoms with van der Waals surface area (Å²) in [5.74, 6) is 0.373. The van der Waals surface area contributed by atoms with E-state index in [4.69, 9.17) is 14.5 Å². The maximum atomic E-state index is 12.6. The number of aryl methyl sites for hydroxylation is 1. The highest BCUT2D eigenvalue weighted by Gasteiger charge is 2.36. The number of anilines is 1. The molecule has 0 unspecified atom stereocenters. The summed E-state index contributed by atoms with van der Waals surface area (Å²) in [5, 5.41) is 10.3. The number of nitrogens with zero attached hydrogens (tertiary/aromatic N) is 3. The number of carboxylic acid groups (broad SMARTS) is 1. The number of ether oxygens (including phenoxy) is 2. The molecule has 1 N–H and O–H groups in total. The van der Waals surface area contributed by atoms with Crippen molar-refractivity contribution in [1.82, 2.24) is 9.97 Å². The summed E-state index contributed by atoms with van der Waals surface area (Å²) in [6.07, 6.45) is 10.9. The highest BCUT2D eigenvalue weighted by molar-refractivity contribution is 5.85. The number of carbonyl (C=O) groups is 1. The largest absolute Gasteiger partial charge is 0.492 e. The molecule has 3 heterocycles. The lowest BCUT2D eigenvalue weighted by Crippen LogP contribution is -2.39. The van der Waals surface area contributed by atoms with E-state index >= 15 is 0 Å². The average molecular weight is 524 g/mol. The molecule has 0 spiro atoms. The monoisotopic (exact) mass is 523 g/mol. The molecule has 1 saturated heterocycles. The van der Waals surface area contributed by atoms with Crippen molar-refractivity contribution in [2.45, 2.75) is 98.2 Å². The van der Waals surface area contributed by atoms with Crippen molar-refractivity contribution in [2.24, 2.45) is 11.3 Å². The molecular formula is C31H45N3O4. The van der Waals surface area contributed by atoms with Gasteiger partial charge in [0.25, 0.3) is 0 Å². The van der Waals surface area contributed by atoms with Crippen LogP contribution in [0.1, 0.15) is 96.9 Å². The zero-order chi connectivity index (χ0) is 27.5. The van der Waals surface area contributed by atoms with E-state index in [0.29, 0.717) is 17.2 Å². The van der Waals surface area contributed by atoms with Gasteiger partial charge in [0.1, 0.15) is 5.75 Å². The molecule has 0 amide bonds. The van der Waals surface area contributed by atoms with Gasteiger partial charge in [0.05, 0.1) is 29.8 Å². The molecule has 2 aromatic rings. The van der Waals surface area contributed by atoms with Crippen molar-refractivity contribution in [3.8, 4) is 17.0 Å². The summed E-state index contributed by atoms with van der Waals surface area (Å²) in [6.45, 7) is 14.5. The third-order valence-electron chi connectivity index (χ3n) is 7.90. The lowest BCUT2D eigenvalue weighted by molar-refractivity contribution is -0.160. The Morgan fingerprint density at radius 2 is 1.79 bits per heavy atom. The Bertz CT molecular complexity index is 1090. The first kappa shape index (κ1) is 28.3. The molecule has 0 bridgehead atoms. The molecule has 2 aliphatic rings. The molecule has 1 atom stereocenters. The number of aromatic nitrogens is 2.